The molecule has 2 heterocycles. The summed E-state index contributed by atoms with van der Waals surface area (Å²) in [4.78, 5) is 31.0. The molecule has 9 nitrogen and oxygen atoms in total. The van der Waals surface area contributed by atoms with Crippen molar-refractivity contribution in [2.75, 3.05) is 6.54 Å². The van der Waals surface area contributed by atoms with Gasteiger partial charge in [0.2, 0.25) is 21.8 Å². The molecule has 0 radical (unpaired) electrons. The van der Waals surface area contributed by atoms with E-state index in [0.29, 0.717) is 38.1 Å². The lowest BCUT2D eigenvalue weighted by molar-refractivity contribution is -0.130. The van der Waals surface area contributed by atoms with Crippen LogP contribution in [0.25, 0.3) is 22.0 Å². The first-order valence-electron chi connectivity index (χ1n) is 13.1. The number of fused-ring (bicyclic) bond motifs is 1. The lowest BCUT2D eigenvalue weighted by Crippen LogP contribution is -2.55. The summed E-state index contributed by atoms with van der Waals surface area (Å²) >= 11 is 0. The predicted molar refractivity (Wildman–Crippen MR) is 147 cm³/mol. The zero-order valence-electron chi connectivity index (χ0n) is 21.3. The Morgan fingerprint density at radius 3 is 2.56 bits per heavy atom. The van der Waals surface area contributed by atoms with E-state index in [1.807, 2.05) is 60.7 Å². The second-order valence-electron chi connectivity index (χ2n) is 10.5. The van der Waals surface area contributed by atoms with Crippen LogP contribution in [-0.2, 0) is 19.6 Å². The van der Waals surface area contributed by atoms with Crippen LogP contribution in [0.2, 0.25) is 0 Å². The first kappa shape index (κ1) is 25.5. The number of amides is 2. The molecule has 3 aliphatic rings. The van der Waals surface area contributed by atoms with E-state index in [1.165, 1.54) is 0 Å². The molecule has 4 atom stereocenters. The number of hydrogen-bond acceptors (Lipinski definition) is 7. The molecule has 1 aromatic heterocycles. The molecule has 3 aromatic rings. The third-order valence-corrected chi connectivity index (χ3v) is 9.53. The standard InChI is InChI=1S/C29H30N4O5S/c1-2-20-16-29(20,28(35)33-39(36,37)22-12-13-22)32-26(34)25-15-21(17-30-25)38-27-23-11-7-6-10-19(23)14-24(31-27)18-8-4-3-5-9-18/h2-11,14,20-22,25,30H,1,12-13,15-17H2,(H,32,34)(H,33,35). The maximum atomic E-state index is 13.2. The molecule has 4 unspecified atom stereocenters. The zero-order valence-corrected chi connectivity index (χ0v) is 22.1. The van der Waals surface area contributed by atoms with E-state index in [9.17, 15) is 18.0 Å². The molecule has 202 valence electrons. The SMILES string of the molecule is C=CC1CC1(NC(=O)C1CC(Oc2nc(-c3ccccc3)cc3ccccc23)CN1)C(=O)NS(=O)(=O)C1CC1. The number of hydrogen-bond donors (Lipinski definition) is 3. The molecule has 3 N–H and O–H groups in total. The van der Waals surface area contributed by atoms with E-state index in [0.717, 1.165) is 22.0 Å². The maximum absolute atomic E-state index is 13.2. The average molecular weight is 547 g/mol. The van der Waals surface area contributed by atoms with Crippen molar-refractivity contribution in [1.29, 1.82) is 0 Å². The molecular formula is C29H30N4O5S. The molecule has 2 amide bonds. The van der Waals surface area contributed by atoms with Crippen LogP contribution in [-0.4, -0.2) is 54.7 Å². The van der Waals surface area contributed by atoms with Gasteiger partial charge in [0.25, 0.3) is 5.91 Å². The van der Waals surface area contributed by atoms with Crippen LogP contribution in [0.3, 0.4) is 0 Å². The van der Waals surface area contributed by atoms with Crippen LogP contribution in [0, 0.1) is 5.92 Å². The van der Waals surface area contributed by atoms with E-state index in [-0.39, 0.29) is 17.9 Å². The molecule has 2 aromatic carbocycles. The van der Waals surface area contributed by atoms with Gasteiger partial charge in [0.1, 0.15) is 11.6 Å². The van der Waals surface area contributed by atoms with Gasteiger partial charge in [0, 0.05) is 29.8 Å². The van der Waals surface area contributed by atoms with E-state index in [2.05, 4.69) is 21.9 Å². The number of carbonyl (C=O) groups excluding carboxylic acids is 2. The van der Waals surface area contributed by atoms with Crippen molar-refractivity contribution in [2.45, 2.75) is 48.6 Å². The van der Waals surface area contributed by atoms with E-state index in [1.54, 1.807) is 6.08 Å². The summed E-state index contributed by atoms with van der Waals surface area (Å²) in [6.07, 6.45) is 3.01. The fourth-order valence-corrected chi connectivity index (χ4v) is 6.55. The molecule has 0 spiro atoms. The van der Waals surface area contributed by atoms with E-state index in [4.69, 9.17) is 9.72 Å². The van der Waals surface area contributed by atoms with Crippen molar-refractivity contribution in [3.8, 4) is 17.1 Å². The monoisotopic (exact) mass is 546 g/mol. The summed E-state index contributed by atoms with van der Waals surface area (Å²) in [5.74, 6) is -0.914. The molecule has 2 saturated carbocycles. The van der Waals surface area contributed by atoms with Gasteiger partial charge in [-0.05, 0) is 36.8 Å². The first-order valence-corrected chi connectivity index (χ1v) is 14.7. The van der Waals surface area contributed by atoms with Gasteiger partial charge in [0.15, 0.2) is 0 Å². The molecular weight excluding hydrogens is 516 g/mol. The van der Waals surface area contributed by atoms with Crippen molar-refractivity contribution >= 4 is 32.6 Å². The van der Waals surface area contributed by atoms with Crippen molar-refractivity contribution < 1.29 is 22.7 Å². The fourth-order valence-electron chi connectivity index (χ4n) is 5.19. The number of carbonyl (C=O) groups is 2. The smallest absolute Gasteiger partial charge is 0.259 e. The van der Waals surface area contributed by atoms with Gasteiger partial charge < -0.3 is 15.4 Å². The lowest BCUT2D eigenvalue weighted by atomic mass is 10.1. The highest BCUT2D eigenvalue weighted by atomic mass is 32.2. The number of benzene rings is 2. The molecule has 39 heavy (non-hydrogen) atoms. The van der Waals surface area contributed by atoms with Gasteiger partial charge in [-0.15, -0.1) is 6.58 Å². The highest BCUT2D eigenvalue weighted by Crippen LogP contribution is 2.45. The van der Waals surface area contributed by atoms with Gasteiger partial charge in [-0.2, -0.15) is 0 Å². The third-order valence-electron chi connectivity index (χ3n) is 7.71. The second-order valence-corrected chi connectivity index (χ2v) is 12.5. The largest absolute Gasteiger partial charge is 0.472 e. The number of aromatic nitrogens is 1. The summed E-state index contributed by atoms with van der Waals surface area (Å²) in [6, 6.07) is 19.2. The molecule has 3 fully saturated rings. The molecule has 1 saturated heterocycles. The predicted octanol–water partition coefficient (Wildman–Crippen LogP) is 2.68. The van der Waals surface area contributed by atoms with Crippen LogP contribution >= 0.6 is 0 Å². The Morgan fingerprint density at radius 1 is 1.10 bits per heavy atom. The summed E-state index contributed by atoms with van der Waals surface area (Å²) < 4.78 is 33.2. The van der Waals surface area contributed by atoms with Crippen LogP contribution in [0.4, 0.5) is 0 Å². The van der Waals surface area contributed by atoms with Gasteiger partial charge in [-0.25, -0.2) is 13.4 Å². The Labute approximate surface area is 227 Å². The highest BCUT2D eigenvalue weighted by molar-refractivity contribution is 7.91. The number of nitrogens with one attached hydrogen (secondary N) is 3. The summed E-state index contributed by atoms with van der Waals surface area (Å²) in [7, 11) is -3.73. The molecule has 10 heteroatoms. The van der Waals surface area contributed by atoms with Gasteiger partial charge in [0.05, 0.1) is 17.0 Å². The van der Waals surface area contributed by atoms with Crippen molar-refractivity contribution in [3.05, 3.63) is 73.3 Å². The summed E-state index contributed by atoms with van der Waals surface area (Å²) in [5.41, 5.74) is 0.467. The Hall–Kier alpha value is -3.76. The number of pyridine rings is 1. The van der Waals surface area contributed by atoms with Crippen molar-refractivity contribution in [2.24, 2.45) is 5.92 Å². The maximum Gasteiger partial charge on any atom is 0.259 e. The van der Waals surface area contributed by atoms with E-state index < -0.39 is 32.8 Å². The lowest BCUT2D eigenvalue weighted by Gasteiger charge is -2.21. The van der Waals surface area contributed by atoms with Gasteiger partial charge >= 0.3 is 0 Å². The number of nitrogens with zero attached hydrogens (tertiary/aromatic N) is 1. The molecule has 6 rings (SSSR count). The minimum absolute atomic E-state index is 0.309. The third kappa shape index (κ3) is 5.02. The number of rotatable bonds is 9. The van der Waals surface area contributed by atoms with E-state index >= 15 is 0 Å². The zero-order chi connectivity index (χ0) is 27.2. The van der Waals surface area contributed by atoms with Crippen LogP contribution in [0.5, 0.6) is 5.88 Å². The number of sulfonamides is 1. The Kier molecular flexibility index (Phi) is 6.39. The Bertz CT molecular complexity index is 1560. The Morgan fingerprint density at radius 2 is 1.85 bits per heavy atom. The quantitative estimate of drug-likeness (QED) is 0.352. The van der Waals surface area contributed by atoms with Crippen LogP contribution in [0.15, 0.2) is 73.3 Å². The molecule has 0 bridgehead atoms. The van der Waals surface area contributed by atoms with Gasteiger partial charge in [-0.3, -0.25) is 14.3 Å². The Balaban J connectivity index is 1.15. The first-order chi connectivity index (χ1) is 18.8. The summed E-state index contributed by atoms with van der Waals surface area (Å²) in [6.45, 7) is 4.16. The average Bonchev–Trinajstić information content (AvgIpc) is 3.86. The van der Waals surface area contributed by atoms with Gasteiger partial charge in [-0.1, -0.05) is 54.6 Å². The normalized spacial score (nSPS) is 26.1. The second kappa shape index (κ2) is 9.77. The summed E-state index contributed by atoms with van der Waals surface area (Å²) in [5, 5.41) is 7.34. The minimum atomic E-state index is -3.73. The van der Waals surface area contributed by atoms with Crippen LogP contribution in [0.1, 0.15) is 25.7 Å². The topological polar surface area (TPSA) is 126 Å². The molecule has 2 aliphatic carbocycles. The molecule has 1 aliphatic heterocycles. The fraction of sp³-hybridized carbons (Fsp3) is 0.345. The van der Waals surface area contributed by atoms with Crippen molar-refractivity contribution in [1.82, 2.24) is 20.3 Å². The highest BCUT2D eigenvalue weighted by Gasteiger charge is 2.61. The van der Waals surface area contributed by atoms with Crippen molar-refractivity contribution in [3.63, 3.8) is 0 Å². The van der Waals surface area contributed by atoms with Crippen LogP contribution < -0.4 is 20.1 Å². The minimum Gasteiger partial charge on any atom is -0.472 e. The number of ether oxygens (including phenoxy) is 1.